The molecule has 1 amide bonds. The summed E-state index contributed by atoms with van der Waals surface area (Å²) in [6.07, 6.45) is 3.98. The van der Waals surface area contributed by atoms with Crippen molar-refractivity contribution in [2.75, 3.05) is 11.9 Å². The number of aromatic nitrogens is 2. The van der Waals surface area contributed by atoms with Crippen LogP contribution < -0.4 is 5.32 Å². The average Bonchev–Trinajstić information content (AvgIpc) is 3.17. The molecule has 1 aromatic carbocycles. The molecule has 1 fully saturated rings. The molecule has 0 saturated carbocycles. The van der Waals surface area contributed by atoms with Gasteiger partial charge in [0.2, 0.25) is 21.1 Å². The van der Waals surface area contributed by atoms with Gasteiger partial charge in [0.25, 0.3) is 0 Å². The molecule has 0 radical (unpaired) electrons. The van der Waals surface area contributed by atoms with Gasteiger partial charge in [0.05, 0.1) is 4.90 Å². The summed E-state index contributed by atoms with van der Waals surface area (Å²) in [7, 11) is -3.72. The molecule has 2 heterocycles. The molecule has 1 N–H and O–H groups in total. The Morgan fingerprint density at radius 3 is 2.61 bits per heavy atom. The minimum absolute atomic E-state index is 0.210. The molecule has 1 atom stereocenters. The van der Waals surface area contributed by atoms with Crippen molar-refractivity contribution in [3.05, 3.63) is 35.3 Å². The number of nitrogens with one attached hydrogen (secondary N) is 1. The van der Waals surface area contributed by atoms with Crippen molar-refractivity contribution in [1.29, 1.82) is 0 Å². The number of sulfonamides is 1. The summed E-state index contributed by atoms with van der Waals surface area (Å²) in [5.74, 6) is -0.0146. The minimum Gasteiger partial charge on any atom is -0.299 e. The van der Waals surface area contributed by atoms with E-state index in [0.717, 1.165) is 30.7 Å². The van der Waals surface area contributed by atoms with E-state index in [9.17, 15) is 13.2 Å². The maximum atomic E-state index is 13.0. The number of carbonyl (C=O) groups excluding carboxylic acids is 1. The van der Waals surface area contributed by atoms with Crippen LogP contribution in [0.1, 0.15) is 56.9 Å². The Bertz CT molecular complexity index is 895. The fraction of sp³-hybridized carbons (Fsp3) is 0.526. The third kappa shape index (κ3) is 4.42. The zero-order chi connectivity index (χ0) is 20.1. The number of hydrogen-bond donors (Lipinski definition) is 1. The normalized spacial score (nSPS) is 18.3. The summed E-state index contributed by atoms with van der Waals surface area (Å²) in [5, 5.41) is 12.4. The van der Waals surface area contributed by atoms with Crippen LogP contribution in [0, 0.1) is 0 Å². The molecule has 1 aliphatic heterocycles. The van der Waals surface area contributed by atoms with Gasteiger partial charge in [0, 0.05) is 12.5 Å². The van der Waals surface area contributed by atoms with Crippen molar-refractivity contribution >= 4 is 32.4 Å². The molecule has 1 saturated heterocycles. The van der Waals surface area contributed by atoms with Crippen LogP contribution in [0.2, 0.25) is 0 Å². The van der Waals surface area contributed by atoms with Crippen molar-refractivity contribution in [1.82, 2.24) is 14.5 Å². The number of hydrogen-bond acceptors (Lipinski definition) is 6. The van der Waals surface area contributed by atoms with Crippen molar-refractivity contribution in [2.24, 2.45) is 0 Å². The van der Waals surface area contributed by atoms with Crippen molar-refractivity contribution in [3.8, 4) is 0 Å². The Hall–Kier alpha value is -1.84. The van der Waals surface area contributed by atoms with Gasteiger partial charge >= 0.3 is 0 Å². The van der Waals surface area contributed by atoms with Crippen LogP contribution in [-0.4, -0.2) is 41.4 Å². The highest BCUT2D eigenvalue weighted by Crippen LogP contribution is 2.30. The van der Waals surface area contributed by atoms with Gasteiger partial charge in [0.15, 0.2) is 0 Å². The first-order valence-electron chi connectivity index (χ1n) is 9.68. The fourth-order valence-electron chi connectivity index (χ4n) is 3.46. The highest BCUT2D eigenvalue weighted by atomic mass is 32.2. The summed E-state index contributed by atoms with van der Waals surface area (Å²) < 4.78 is 27.4. The van der Waals surface area contributed by atoms with Crippen LogP contribution in [0.5, 0.6) is 0 Å². The summed E-state index contributed by atoms with van der Waals surface area (Å²) >= 11 is 1.37. The lowest BCUT2D eigenvalue weighted by atomic mass is 10.0. The maximum Gasteiger partial charge on any atom is 0.244 e. The lowest BCUT2D eigenvalue weighted by molar-refractivity contribution is -0.120. The first kappa shape index (κ1) is 20.9. The number of anilines is 1. The lowest BCUT2D eigenvalue weighted by Crippen LogP contribution is -2.49. The smallest absolute Gasteiger partial charge is 0.244 e. The van der Waals surface area contributed by atoms with Gasteiger partial charge in [-0.05, 0) is 37.8 Å². The Balaban J connectivity index is 1.78. The molecule has 9 heteroatoms. The van der Waals surface area contributed by atoms with Crippen molar-refractivity contribution in [3.63, 3.8) is 0 Å². The fourth-order valence-corrected chi connectivity index (χ4v) is 6.15. The molecular formula is C19H26N4O3S2. The Morgan fingerprint density at radius 2 is 1.93 bits per heavy atom. The maximum absolute atomic E-state index is 13.0. The molecule has 28 heavy (non-hydrogen) atoms. The zero-order valence-corrected chi connectivity index (χ0v) is 17.8. The molecule has 1 aliphatic rings. The molecule has 0 spiro atoms. The second kappa shape index (κ2) is 9.11. The van der Waals surface area contributed by atoms with Gasteiger partial charge < -0.3 is 0 Å². The number of benzene rings is 1. The van der Waals surface area contributed by atoms with E-state index in [1.165, 1.54) is 15.6 Å². The highest BCUT2D eigenvalue weighted by molar-refractivity contribution is 7.89. The summed E-state index contributed by atoms with van der Waals surface area (Å²) in [4.78, 5) is 13.1. The van der Waals surface area contributed by atoms with Crippen LogP contribution in [-0.2, 0) is 14.8 Å². The largest absolute Gasteiger partial charge is 0.299 e. The molecule has 0 bridgehead atoms. The first-order valence-corrected chi connectivity index (χ1v) is 11.9. The summed E-state index contributed by atoms with van der Waals surface area (Å²) in [6.45, 7) is 4.54. The Kier molecular flexibility index (Phi) is 6.79. The van der Waals surface area contributed by atoms with E-state index in [-0.39, 0.29) is 10.8 Å². The zero-order valence-electron chi connectivity index (χ0n) is 16.2. The van der Waals surface area contributed by atoms with E-state index in [2.05, 4.69) is 29.4 Å². The molecule has 3 rings (SSSR count). The SMILES string of the molecule is CCC(CC)c1nnc(NC(=O)C2CCCCN2S(=O)(=O)c2ccccc2)s1. The number of rotatable bonds is 7. The highest BCUT2D eigenvalue weighted by Gasteiger charge is 2.37. The van der Waals surface area contributed by atoms with Gasteiger partial charge in [-0.15, -0.1) is 10.2 Å². The molecule has 0 aliphatic carbocycles. The monoisotopic (exact) mass is 422 g/mol. The van der Waals surface area contributed by atoms with E-state index >= 15 is 0 Å². The Morgan fingerprint density at radius 1 is 1.21 bits per heavy atom. The van der Waals surface area contributed by atoms with E-state index in [1.54, 1.807) is 30.3 Å². The molecule has 1 aromatic heterocycles. The van der Waals surface area contributed by atoms with E-state index in [4.69, 9.17) is 0 Å². The van der Waals surface area contributed by atoms with Gasteiger partial charge in [-0.2, -0.15) is 4.31 Å². The standard InChI is InChI=1S/C19H26N4O3S2/c1-3-14(4-2)18-21-22-19(27-18)20-17(24)16-12-8-9-13-23(16)28(25,26)15-10-6-5-7-11-15/h5-7,10-11,14,16H,3-4,8-9,12-13H2,1-2H3,(H,20,22,24). The molecule has 2 aromatic rings. The van der Waals surface area contributed by atoms with Crippen molar-refractivity contribution in [2.45, 2.75) is 62.8 Å². The summed E-state index contributed by atoms with van der Waals surface area (Å²) in [5.41, 5.74) is 0. The van der Waals surface area contributed by atoms with E-state index < -0.39 is 16.1 Å². The third-order valence-corrected chi connectivity index (χ3v) is 8.04. The Labute approximate surface area is 170 Å². The molecular weight excluding hydrogens is 396 g/mol. The van der Waals surface area contributed by atoms with Crippen LogP contribution in [0.4, 0.5) is 5.13 Å². The van der Waals surface area contributed by atoms with Crippen molar-refractivity contribution < 1.29 is 13.2 Å². The minimum atomic E-state index is -3.72. The molecule has 1 unspecified atom stereocenters. The van der Waals surface area contributed by atoms with Crippen LogP contribution >= 0.6 is 11.3 Å². The predicted octanol–water partition coefficient (Wildman–Crippen LogP) is 3.62. The van der Waals surface area contributed by atoms with Gasteiger partial charge in [-0.1, -0.05) is 49.8 Å². The number of piperidine rings is 1. The lowest BCUT2D eigenvalue weighted by Gasteiger charge is -2.33. The van der Waals surface area contributed by atoms with Crippen LogP contribution in [0.25, 0.3) is 0 Å². The second-order valence-electron chi connectivity index (χ2n) is 6.89. The van der Waals surface area contributed by atoms with Gasteiger partial charge in [-0.3, -0.25) is 10.1 Å². The van der Waals surface area contributed by atoms with E-state index in [1.807, 2.05) is 0 Å². The van der Waals surface area contributed by atoms with Gasteiger partial charge in [-0.25, -0.2) is 8.42 Å². The van der Waals surface area contributed by atoms with Crippen LogP contribution in [0.15, 0.2) is 35.2 Å². The third-order valence-electron chi connectivity index (χ3n) is 5.11. The molecule has 7 nitrogen and oxygen atoms in total. The van der Waals surface area contributed by atoms with Gasteiger partial charge in [0.1, 0.15) is 11.0 Å². The second-order valence-corrected chi connectivity index (χ2v) is 9.79. The van der Waals surface area contributed by atoms with E-state index in [0.29, 0.717) is 24.0 Å². The predicted molar refractivity (Wildman–Crippen MR) is 110 cm³/mol. The number of amides is 1. The summed E-state index contributed by atoms with van der Waals surface area (Å²) in [6, 6.07) is 7.53. The topological polar surface area (TPSA) is 92.3 Å². The first-order chi connectivity index (χ1) is 13.5. The molecule has 152 valence electrons. The quantitative estimate of drug-likeness (QED) is 0.736. The number of nitrogens with zero attached hydrogens (tertiary/aromatic N) is 3. The number of carbonyl (C=O) groups is 1. The average molecular weight is 423 g/mol. The van der Waals surface area contributed by atoms with Crippen LogP contribution in [0.3, 0.4) is 0 Å².